The molecule has 0 saturated carbocycles. The summed E-state index contributed by atoms with van der Waals surface area (Å²) < 4.78 is 4.85. The molecule has 0 spiro atoms. The van der Waals surface area contributed by atoms with Crippen molar-refractivity contribution in [3.05, 3.63) is 0 Å². The van der Waals surface area contributed by atoms with E-state index in [1.54, 1.807) is 0 Å². The largest absolute Gasteiger partial charge is 0.454 e. The molecule has 4 nitrogen and oxygen atoms in total. The Bertz CT molecular complexity index is 232. The molecule has 1 unspecified atom stereocenters. The Morgan fingerprint density at radius 3 is 2.14 bits per heavy atom. The molecule has 1 atom stereocenters. The first-order valence-electron chi connectivity index (χ1n) is 4.66. The zero-order valence-electron chi connectivity index (χ0n) is 8.83. The molecule has 0 fully saturated rings. The van der Waals surface area contributed by atoms with E-state index in [1.807, 2.05) is 6.92 Å². The Morgan fingerprint density at radius 1 is 1.21 bits per heavy atom. The second-order valence-electron chi connectivity index (χ2n) is 3.26. The van der Waals surface area contributed by atoms with Gasteiger partial charge in [-0.3, -0.25) is 14.4 Å². The summed E-state index contributed by atoms with van der Waals surface area (Å²) in [5, 5.41) is 0. The summed E-state index contributed by atoms with van der Waals surface area (Å²) in [6, 6.07) is 0. The molecule has 0 aromatic rings. The molecule has 0 bridgehead atoms. The fraction of sp³-hybridized carbons (Fsp3) is 0.700. The van der Waals surface area contributed by atoms with Gasteiger partial charge >= 0.3 is 5.97 Å². The smallest absolute Gasteiger partial charge is 0.314 e. The summed E-state index contributed by atoms with van der Waals surface area (Å²) in [7, 11) is 0. The molecule has 0 aliphatic carbocycles. The monoisotopic (exact) mass is 200 g/mol. The first-order chi connectivity index (χ1) is 6.47. The molecule has 14 heavy (non-hydrogen) atoms. The first kappa shape index (κ1) is 12.8. The molecule has 0 aromatic heterocycles. The molecule has 0 radical (unpaired) electrons. The van der Waals surface area contributed by atoms with Crippen LogP contribution in [0.15, 0.2) is 0 Å². The van der Waals surface area contributed by atoms with Gasteiger partial charge in [-0.05, 0) is 20.3 Å². The highest BCUT2D eigenvalue weighted by Gasteiger charge is 2.18. The number of carbonyl (C=O) groups excluding carboxylic acids is 3. The lowest BCUT2D eigenvalue weighted by Gasteiger charge is -2.13. The van der Waals surface area contributed by atoms with Crippen LogP contribution in [0.25, 0.3) is 0 Å². The fourth-order valence-electron chi connectivity index (χ4n) is 1.01. The Morgan fingerprint density at radius 2 is 1.79 bits per heavy atom. The van der Waals surface area contributed by atoms with E-state index in [0.717, 1.165) is 6.42 Å². The van der Waals surface area contributed by atoms with E-state index in [9.17, 15) is 14.4 Å². The van der Waals surface area contributed by atoms with E-state index in [4.69, 9.17) is 4.74 Å². The van der Waals surface area contributed by atoms with Crippen molar-refractivity contribution in [1.82, 2.24) is 0 Å². The quantitative estimate of drug-likeness (QED) is 0.478. The van der Waals surface area contributed by atoms with Gasteiger partial charge < -0.3 is 4.74 Å². The predicted octanol–water partition coefficient (Wildman–Crippen LogP) is 1.27. The number of rotatable bonds is 6. The van der Waals surface area contributed by atoms with Gasteiger partial charge in [0.1, 0.15) is 12.2 Å². The number of ether oxygens (including phenoxy) is 1. The Balaban J connectivity index is 4.09. The van der Waals surface area contributed by atoms with Crippen molar-refractivity contribution in [3.63, 3.8) is 0 Å². The summed E-state index contributed by atoms with van der Waals surface area (Å²) in [6.07, 6.45) is 0.330. The summed E-state index contributed by atoms with van der Waals surface area (Å²) in [5.41, 5.74) is 0. The highest BCUT2D eigenvalue weighted by atomic mass is 16.5. The van der Waals surface area contributed by atoms with Gasteiger partial charge in [0.15, 0.2) is 11.9 Å². The van der Waals surface area contributed by atoms with Crippen molar-refractivity contribution in [2.75, 3.05) is 0 Å². The fourth-order valence-corrected chi connectivity index (χ4v) is 1.01. The van der Waals surface area contributed by atoms with Crippen LogP contribution < -0.4 is 0 Å². The average Bonchev–Trinajstić information content (AvgIpc) is 2.01. The van der Waals surface area contributed by atoms with Gasteiger partial charge in [-0.1, -0.05) is 13.3 Å². The minimum absolute atomic E-state index is 0.177. The Hall–Kier alpha value is -1.19. The minimum atomic E-state index is -0.688. The normalized spacial score (nSPS) is 11.9. The van der Waals surface area contributed by atoms with Gasteiger partial charge in [-0.2, -0.15) is 0 Å². The lowest BCUT2D eigenvalue weighted by atomic mass is 10.1. The third-order valence-corrected chi connectivity index (χ3v) is 1.67. The van der Waals surface area contributed by atoms with E-state index in [2.05, 4.69) is 0 Å². The second kappa shape index (κ2) is 6.29. The summed E-state index contributed by atoms with van der Waals surface area (Å²) in [6.45, 7) is 4.58. The van der Waals surface area contributed by atoms with Gasteiger partial charge in [0.2, 0.25) is 0 Å². The van der Waals surface area contributed by atoms with Crippen LogP contribution in [0, 0.1) is 0 Å². The molecule has 80 valence electrons. The Kier molecular flexibility index (Phi) is 5.76. The van der Waals surface area contributed by atoms with Crippen LogP contribution in [0.1, 0.15) is 40.0 Å². The summed E-state index contributed by atoms with van der Waals surface area (Å²) in [4.78, 5) is 32.6. The molecule has 0 saturated heterocycles. The summed E-state index contributed by atoms with van der Waals surface area (Å²) >= 11 is 0. The van der Waals surface area contributed by atoms with Crippen LogP contribution in [0.3, 0.4) is 0 Å². The zero-order valence-corrected chi connectivity index (χ0v) is 8.83. The molecule has 4 heteroatoms. The van der Waals surface area contributed by atoms with Crippen LogP contribution in [-0.4, -0.2) is 23.6 Å². The van der Waals surface area contributed by atoms with E-state index in [0.29, 0.717) is 6.42 Å². The van der Waals surface area contributed by atoms with Gasteiger partial charge in [0, 0.05) is 0 Å². The highest BCUT2D eigenvalue weighted by Crippen LogP contribution is 2.05. The van der Waals surface area contributed by atoms with Gasteiger partial charge in [0.05, 0.1) is 0 Å². The molecular weight excluding hydrogens is 184 g/mol. The van der Waals surface area contributed by atoms with Gasteiger partial charge in [-0.25, -0.2) is 0 Å². The Labute approximate surface area is 83.6 Å². The second-order valence-corrected chi connectivity index (χ2v) is 3.26. The maximum absolute atomic E-state index is 11.0. The molecule has 0 rings (SSSR count). The van der Waals surface area contributed by atoms with Crippen molar-refractivity contribution in [1.29, 1.82) is 0 Å². The van der Waals surface area contributed by atoms with Gasteiger partial charge in [0.25, 0.3) is 0 Å². The number of carbonyl (C=O) groups is 3. The molecule has 0 N–H and O–H groups in total. The molecule has 0 aliphatic rings. The minimum Gasteiger partial charge on any atom is -0.454 e. The highest BCUT2D eigenvalue weighted by molar-refractivity contribution is 5.95. The zero-order chi connectivity index (χ0) is 11.1. The molecule has 0 aromatic carbocycles. The first-order valence-corrected chi connectivity index (χ1v) is 4.66. The lowest BCUT2D eigenvalue weighted by molar-refractivity contribution is -0.156. The van der Waals surface area contributed by atoms with Crippen LogP contribution in [0.5, 0.6) is 0 Å². The average molecular weight is 200 g/mol. The third kappa shape index (κ3) is 5.45. The number of esters is 1. The maximum atomic E-state index is 11.0. The van der Waals surface area contributed by atoms with Crippen molar-refractivity contribution in [3.8, 4) is 0 Å². The van der Waals surface area contributed by atoms with E-state index in [1.165, 1.54) is 13.8 Å². The predicted molar refractivity (Wildman–Crippen MR) is 50.8 cm³/mol. The van der Waals surface area contributed by atoms with Crippen molar-refractivity contribution in [2.45, 2.75) is 46.1 Å². The molecule has 0 aliphatic heterocycles. The maximum Gasteiger partial charge on any atom is 0.314 e. The van der Waals surface area contributed by atoms with E-state index in [-0.39, 0.29) is 18.0 Å². The van der Waals surface area contributed by atoms with Crippen LogP contribution in [0.4, 0.5) is 0 Å². The SMILES string of the molecule is CCCC(OC(=O)CC(C)=O)C(C)=O. The van der Waals surface area contributed by atoms with Crippen molar-refractivity contribution < 1.29 is 19.1 Å². The van der Waals surface area contributed by atoms with Gasteiger partial charge in [-0.15, -0.1) is 0 Å². The topological polar surface area (TPSA) is 60.4 Å². The molecule has 0 amide bonds. The number of ketones is 2. The summed E-state index contributed by atoms with van der Waals surface area (Å²) in [5.74, 6) is -1.05. The number of hydrogen-bond donors (Lipinski definition) is 0. The third-order valence-electron chi connectivity index (χ3n) is 1.67. The number of hydrogen-bond acceptors (Lipinski definition) is 4. The molecular formula is C10H16O4. The lowest BCUT2D eigenvalue weighted by Crippen LogP contribution is -2.25. The number of Topliss-reactive ketones (excluding diaryl/α,β-unsaturated/α-hetero) is 2. The van der Waals surface area contributed by atoms with Crippen molar-refractivity contribution >= 4 is 17.5 Å². The van der Waals surface area contributed by atoms with Crippen LogP contribution >= 0.6 is 0 Å². The standard InChI is InChI=1S/C10H16O4/c1-4-5-9(8(3)12)14-10(13)6-7(2)11/h9H,4-6H2,1-3H3. The van der Waals surface area contributed by atoms with Crippen molar-refractivity contribution in [2.24, 2.45) is 0 Å². The molecule has 0 heterocycles. The van der Waals surface area contributed by atoms with Crippen LogP contribution in [0.2, 0.25) is 0 Å². The van der Waals surface area contributed by atoms with E-state index < -0.39 is 12.1 Å². The van der Waals surface area contributed by atoms with E-state index >= 15 is 0 Å². The van der Waals surface area contributed by atoms with Crippen LogP contribution in [-0.2, 0) is 19.1 Å².